The zero-order chi connectivity index (χ0) is 14.8. The number of aryl methyl sites for hydroxylation is 1. The first-order chi connectivity index (χ1) is 10.2. The number of halogens is 1. The lowest BCUT2D eigenvalue weighted by atomic mass is 10.0. The van der Waals surface area contributed by atoms with Crippen molar-refractivity contribution in [3.05, 3.63) is 59.0 Å². The standard InChI is InChI=1S/C15H16ClN5/c1-21-15-5-3-2-4-11(15)14(20-21)8-13(19-17)10-6-7-18-9-12(10)16/h2-7,9,13,19H,8,17H2,1H3. The number of para-hydroxylation sites is 1. The molecule has 1 unspecified atom stereocenters. The van der Waals surface area contributed by atoms with Gasteiger partial charge in [0.25, 0.3) is 0 Å². The van der Waals surface area contributed by atoms with Crippen molar-refractivity contribution in [2.24, 2.45) is 12.9 Å². The Bertz CT molecular complexity index is 768. The van der Waals surface area contributed by atoms with Gasteiger partial charge < -0.3 is 0 Å². The van der Waals surface area contributed by atoms with Gasteiger partial charge in [0.15, 0.2) is 0 Å². The van der Waals surface area contributed by atoms with Gasteiger partial charge in [-0.1, -0.05) is 29.8 Å². The number of fused-ring (bicyclic) bond motifs is 1. The quantitative estimate of drug-likeness (QED) is 0.573. The van der Waals surface area contributed by atoms with Crippen molar-refractivity contribution in [1.29, 1.82) is 0 Å². The Labute approximate surface area is 127 Å². The Morgan fingerprint density at radius 1 is 1.33 bits per heavy atom. The number of benzene rings is 1. The summed E-state index contributed by atoms with van der Waals surface area (Å²) in [5.74, 6) is 5.71. The Balaban J connectivity index is 1.99. The molecule has 2 heterocycles. The predicted octanol–water partition coefficient (Wildman–Crippen LogP) is 2.37. The van der Waals surface area contributed by atoms with Crippen molar-refractivity contribution < 1.29 is 0 Å². The van der Waals surface area contributed by atoms with Crippen molar-refractivity contribution in [2.45, 2.75) is 12.5 Å². The molecule has 0 bridgehead atoms. The summed E-state index contributed by atoms with van der Waals surface area (Å²) >= 11 is 6.20. The van der Waals surface area contributed by atoms with E-state index in [1.807, 2.05) is 29.9 Å². The van der Waals surface area contributed by atoms with Crippen molar-refractivity contribution >= 4 is 22.5 Å². The second-order valence-electron chi connectivity index (χ2n) is 4.91. The maximum atomic E-state index is 6.20. The molecule has 108 valence electrons. The molecule has 1 aromatic carbocycles. The number of nitrogens with zero attached hydrogens (tertiary/aromatic N) is 3. The van der Waals surface area contributed by atoms with E-state index in [1.165, 1.54) is 0 Å². The highest BCUT2D eigenvalue weighted by molar-refractivity contribution is 6.31. The van der Waals surface area contributed by atoms with E-state index < -0.39 is 0 Å². The summed E-state index contributed by atoms with van der Waals surface area (Å²) in [5, 5.41) is 6.32. The van der Waals surface area contributed by atoms with Gasteiger partial charge in [0.1, 0.15) is 0 Å². The fraction of sp³-hybridized carbons (Fsp3) is 0.200. The van der Waals surface area contributed by atoms with Crippen LogP contribution in [0.25, 0.3) is 10.9 Å². The lowest BCUT2D eigenvalue weighted by molar-refractivity contribution is 0.542. The lowest BCUT2D eigenvalue weighted by Crippen LogP contribution is -2.30. The van der Waals surface area contributed by atoms with Crippen LogP contribution in [0.4, 0.5) is 0 Å². The number of aromatic nitrogens is 3. The number of nitrogens with one attached hydrogen (secondary N) is 1. The average molecular weight is 302 g/mol. The summed E-state index contributed by atoms with van der Waals surface area (Å²) in [7, 11) is 1.94. The van der Waals surface area contributed by atoms with Crippen LogP contribution in [-0.2, 0) is 13.5 Å². The van der Waals surface area contributed by atoms with E-state index in [0.29, 0.717) is 11.4 Å². The number of hydrazine groups is 1. The van der Waals surface area contributed by atoms with Gasteiger partial charge in [-0.2, -0.15) is 5.10 Å². The highest BCUT2D eigenvalue weighted by Gasteiger charge is 2.17. The van der Waals surface area contributed by atoms with Crippen LogP contribution in [0.1, 0.15) is 17.3 Å². The fourth-order valence-corrected chi connectivity index (χ4v) is 2.81. The van der Waals surface area contributed by atoms with Gasteiger partial charge in [0, 0.05) is 31.2 Å². The van der Waals surface area contributed by atoms with E-state index in [1.54, 1.807) is 12.4 Å². The highest BCUT2D eigenvalue weighted by Crippen LogP contribution is 2.26. The van der Waals surface area contributed by atoms with Gasteiger partial charge in [-0.25, -0.2) is 0 Å². The summed E-state index contributed by atoms with van der Waals surface area (Å²) in [4.78, 5) is 4.00. The number of nitrogens with two attached hydrogens (primary N) is 1. The molecular formula is C15H16ClN5. The summed E-state index contributed by atoms with van der Waals surface area (Å²) in [5.41, 5.74) is 5.83. The van der Waals surface area contributed by atoms with E-state index >= 15 is 0 Å². The van der Waals surface area contributed by atoms with Crippen molar-refractivity contribution in [1.82, 2.24) is 20.2 Å². The Kier molecular flexibility index (Phi) is 3.88. The van der Waals surface area contributed by atoms with Crippen LogP contribution in [0.5, 0.6) is 0 Å². The van der Waals surface area contributed by atoms with E-state index in [2.05, 4.69) is 27.6 Å². The summed E-state index contributed by atoms with van der Waals surface area (Å²) in [6.45, 7) is 0. The second-order valence-corrected chi connectivity index (χ2v) is 5.32. The Hall–Kier alpha value is -1.95. The van der Waals surface area contributed by atoms with Crippen molar-refractivity contribution in [3.8, 4) is 0 Å². The topological polar surface area (TPSA) is 68.8 Å². The first-order valence-corrected chi connectivity index (χ1v) is 7.04. The van der Waals surface area contributed by atoms with Gasteiger partial charge >= 0.3 is 0 Å². The van der Waals surface area contributed by atoms with Crippen LogP contribution >= 0.6 is 11.6 Å². The van der Waals surface area contributed by atoms with Crippen molar-refractivity contribution in [2.75, 3.05) is 0 Å². The highest BCUT2D eigenvalue weighted by atomic mass is 35.5. The van der Waals surface area contributed by atoms with Crippen LogP contribution in [0, 0.1) is 0 Å². The molecule has 5 nitrogen and oxygen atoms in total. The zero-order valence-electron chi connectivity index (χ0n) is 11.6. The van der Waals surface area contributed by atoms with E-state index in [-0.39, 0.29) is 6.04 Å². The summed E-state index contributed by atoms with van der Waals surface area (Å²) in [6.07, 6.45) is 3.99. The number of pyridine rings is 1. The number of hydrogen-bond acceptors (Lipinski definition) is 4. The summed E-state index contributed by atoms with van der Waals surface area (Å²) in [6, 6.07) is 9.90. The molecule has 0 aliphatic rings. The Morgan fingerprint density at radius 2 is 2.14 bits per heavy atom. The molecule has 0 amide bonds. The number of rotatable bonds is 4. The van der Waals surface area contributed by atoms with Gasteiger partial charge in [-0.3, -0.25) is 20.9 Å². The molecule has 0 radical (unpaired) electrons. The first kappa shape index (κ1) is 14.0. The third-order valence-electron chi connectivity index (χ3n) is 3.61. The summed E-state index contributed by atoms with van der Waals surface area (Å²) < 4.78 is 1.88. The minimum atomic E-state index is -0.112. The van der Waals surface area contributed by atoms with E-state index in [0.717, 1.165) is 22.2 Å². The molecule has 0 spiro atoms. The third-order valence-corrected chi connectivity index (χ3v) is 3.93. The van der Waals surface area contributed by atoms with Crippen LogP contribution in [0.2, 0.25) is 5.02 Å². The molecule has 3 N–H and O–H groups in total. The molecule has 0 saturated carbocycles. The predicted molar refractivity (Wildman–Crippen MR) is 83.7 cm³/mol. The third kappa shape index (κ3) is 2.63. The molecule has 0 fully saturated rings. The van der Waals surface area contributed by atoms with Gasteiger partial charge in [-0.15, -0.1) is 0 Å². The van der Waals surface area contributed by atoms with Gasteiger partial charge in [0.2, 0.25) is 0 Å². The molecule has 0 saturated heterocycles. The second kappa shape index (κ2) is 5.81. The molecule has 1 atom stereocenters. The molecule has 2 aromatic heterocycles. The van der Waals surface area contributed by atoms with Gasteiger partial charge in [0.05, 0.1) is 22.3 Å². The smallest absolute Gasteiger partial charge is 0.0722 e. The van der Waals surface area contributed by atoms with Crippen LogP contribution in [0.15, 0.2) is 42.7 Å². The molecular weight excluding hydrogens is 286 g/mol. The van der Waals surface area contributed by atoms with Crippen LogP contribution < -0.4 is 11.3 Å². The van der Waals surface area contributed by atoms with Crippen LogP contribution in [0.3, 0.4) is 0 Å². The monoisotopic (exact) mass is 301 g/mol. The molecule has 3 aromatic rings. The normalized spacial score (nSPS) is 12.7. The lowest BCUT2D eigenvalue weighted by Gasteiger charge is -2.16. The largest absolute Gasteiger partial charge is 0.271 e. The van der Waals surface area contributed by atoms with E-state index in [4.69, 9.17) is 17.4 Å². The number of hydrogen-bond donors (Lipinski definition) is 2. The molecule has 0 aliphatic carbocycles. The zero-order valence-corrected chi connectivity index (χ0v) is 12.4. The molecule has 21 heavy (non-hydrogen) atoms. The Morgan fingerprint density at radius 3 is 2.90 bits per heavy atom. The SMILES string of the molecule is Cn1nc(CC(NN)c2ccncc2Cl)c2ccccc21. The average Bonchev–Trinajstić information content (AvgIpc) is 2.82. The maximum absolute atomic E-state index is 6.20. The minimum absolute atomic E-state index is 0.112. The van der Waals surface area contributed by atoms with Crippen molar-refractivity contribution in [3.63, 3.8) is 0 Å². The molecule has 0 aliphatic heterocycles. The maximum Gasteiger partial charge on any atom is 0.0722 e. The van der Waals surface area contributed by atoms with E-state index in [9.17, 15) is 0 Å². The first-order valence-electron chi connectivity index (χ1n) is 6.67. The molecule has 3 rings (SSSR count). The van der Waals surface area contributed by atoms with Gasteiger partial charge in [-0.05, 0) is 17.7 Å². The molecule has 6 heteroatoms. The van der Waals surface area contributed by atoms with Crippen LogP contribution in [-0.4, -0.2) is 14.8 Å². The fourth-order valence-electron chi connectivity index (χ4n) is 2.56. The minimum Gasteiger partial charge on any atom is -0.271 e.